The van der Waals surface area contributed by atoms with Crippen LogP contribution >= 0.6 is 0 Å². The van der Waals surface area contributed by atoms with Gasteiger partial charge in [0.15, 0.2) is 0 Å². The summed E-state index contributed by atoms with van der Waals surface area (Å²) in [5.74, 6) is 0. The first-order valence-electron chi connectivity index (χ1n) is 3.69. The predicted molar refractivity (Wildman–Crippen MR) is 46.1 cm³/mol. The molecule has 5 nitrogen and oxygen atoms in total. The zero-order valence-corrected chi connectivity index (χ0v) is 7.81. The van der Waals surface area contributed by atoms with Gasteiger partial charge in [-0.3, -0.25) is 9.69 Å². The molecular formula is C7H13N5. The maximum Gasteiger partial charge on any atom is 0.128 e. The van der Waals surface area contributed by atoms with Gasteiger partial charge in [-0.2, -0.15) is 5.10 Å². The molecular weight excluding hydrogens is 154 g/mol. The lowest BCUT2D eigenvalue weighted by Crippen LogP contribution is -1.99. The third-order valence-electron chi connectivity index (χ3n) is 1.54. The van der Waals surface area contributed by atoms with Gasteiger partial charge in [-0.1, -0.05) is 5.22 Å². The zero-order valence-electron chi connectivity index (χ0n) is 7.81. The number of hydrogen-bond acceptors (Lipinski definition) is 3. The highest BCUT2D eigenvalue weighted by Gasteiger charge is 2.00. The molecule has 1 aromatic heterocycles. The second kappa shape index (κ2) is 3.34. The van der Waals surface area contributed by atoms with Crippen LogP contribution in [0.5, 0.6) is 0 Å². The monoisotopic (exact) mass is 167 g/mol. The van der Waals surface area contributed by atoms with Crippen LogP contribution in [0.15, 0.2) is 16.5 Å². The van der Waals surface area contributed by atoms with Gasteiger partial charge in [-0.15, -0.1) is 5.11 Å². The number of rotatable bonds is 2. The fourth-order valence-electron chi connectivity index (χ4n) is 0.723. The Morgan fingerprint density at radius 2 is 2.17 bits per heavy atom. The topological polar surface area (TPSA) is 45.8 Å². The lowest BCUT2D eigenvalue weighted by molar-refractivity contribution is 0.408. The van der Waals surface area contributed by atoms with Crippen molar-refractivity contribution in [3.8, 4) is 0 Å². The molecule has 0 aliphatic heterocycles. The standard InChI is InChI=1S/C7H13N5/c1-6-7(5-8-12(6)4)9-10-11(2)3/h5H,1-4H3. The van der Waals surface area contributed by atoms with Gasteiger partial charge in [0, 0.05) is 21.1 Å². The van der Waals surface area contributed by atoms with Crippen molar-refractivity contribution in [2.24, 2.45) is 17.4 Å². The summed E-state index contributed by atoms with van der Waals surface area (Å²) in [6, 6.07) is 0. The van der Waals surface area contributed by atoms with E-state index in [1.54, 1.807) is 15.9 Å². The number of nitrogens with zero attached hydrogens (tertiary/aromatic N) is 5. The molecule has 0 saturated heterocycles. The van der Waals surface area contributed by atoms with Crippen molar-refractivity contribution in [3.05, 3.63) is 11.9 Å². The van der Waals surface area contributed by atoms with E-state index in [1.165, 1.54) is 0 Å². The van der Waals surface area contributed by atoms with Crippen molar-refractivity contribution in [3.63, 3.8) is 0 Å². The third-order valence-corrected chi connectivity index (χ3v) is 1.54. The molecule has 0 spiro atoms. The van der Waals surface area contributed by atoms with Gasteiger partial charge in [0.05, 0.1) is 11.9 Å². The Morgan fingerprint density at radius 1 is 1.50 bits per heavy atom. The van der Waals surface area contributed by atoms with Crippen LogP contribution in [0.4, 0.5) is 5.69 Å². The minimum absolute atomic E-state index is 0.811. The van der Waals surface area contributed by atoms with Crippen molar-refractivity contribution in [1.29, 1.82) is 0 Å². The Kier molecular flexibility index (Phi) is 2.42. The van der Waals surface area contributed by atoms with Crippen LogP contribution in [0.2, 0.25) is 0 Å². The number of aromatic nitrogens is 2. The van der Waals surface area contributed by atoms with Crippen LogP contribution in [0.1, 0.15) is 5.69 Å². The van der Waals surface area contributed by atoms with E-state index in [0.717, 1.165) is 11.4 Å². The van der Waals surface area contributed by atoms with Gasteiger partial charge in [0.1, 0.15) is 5.69 Å². The highest BCUT2D eigenvalue weighted by Crippen LogP contribution is 2.16. The Labute approximate surface area is 71.7 Å². The number of aryl methyl sites for hydroxylation is 1. The maximum absolute atomic E-state index is 4.04. The van der Waals surface area contributed by atoms with Gasteiger partial charge in [-0.25, -0.2) is 0 Å². The van der Waals surface area contributed by atoms with Crippen molar-refractivity contribution < 1.29 is 0 Å². The first-order chi connectivity index (χ1) is 5.61. The van der Waals surface area contributed by atoms with Crippen LogP contribution in [0, 0.1) is 6.92 Å². The van der Waals surface area contributed by atoms with E-state index >= 15 is 0 Å². The first kappa shape index (κ1) is 8.70. The van der Waals surface area contributed by atoms with Crippen molar-refractivity contribution in [2.45, 2.75) is 6.92 Å². The Hall–Kier alpha value is -1.39. The largest absolute Gasteiger partial charge is 0.285 e. The van der Waals surface area contributed by atoms with E-state index in [0.29, 0.717) is 0 Å². The maximum atomic E-state index is 4.04. The molecule has 0 radical (unpaired) electrons. The lowest BCUT2D eigenvalue weighted by atomic mass is 10.4. The zero-order chi connectivity index (χ0) is 9.14. The molecule has 0 bridgehead atoms. The van der Waals surface area contributed by atoms with E-state index in [-0.39, 0.29) is 0 Å². The smallest absolute Gasteiger partial charge is 0.128 e. The molecule has 5 heteroatoms. The van der Waals surface area contributed by atoms with E-state index < -0.39 is 0 Å². The molecule has 0 aromatic carbocycles. The summed E-state index contributed by atoms with van der Waals surface area (Å²) in [4.78, 5) is 0. The molecule has 0 atom stereocenters. The van der Waals surface area contributed by atoms with Gasteiger partial charge in [-0.05, 0) is 6.92 Å². The SMILES string of the molecule is Cc1c(N=NN(C)C)cnn1C. The fraction of sp³-hybridized carbons (Fsp3) is 0.571. The van der Waals surface area contributed by atoms with Crippen molar-refractivity contribution >= 4 is 5.69 Å². The summed E-state index contributed by atoms with van der Waals surface area (Å²) >= 11 is 0. The summed E-state index contributed by atoms with van der Waals surface area (Å²) in [5, 5.41) is 13.6. The third kappa shape index (κ3) is 1.81. The fourth-order valence-corrected chi connectivity index (χ4v) is 0.723. The molecule has 0 aliphatic carbocycles. The molecule has 0 saturated carbocycles. The normalized spacial score (nSPS) is 11.0. The van der Waals surface area contributed by atoms with Gasteiger partial charge in [0.25, 0.3) is 0 Å². The summed E-state index contributed by atoms with van der Waals surface area (Å²) in [6.07, 6.45) is 1.70. The lowest BCUT2D eigenvalue weighted by Gasteiger charge is -1.99. The average Bonchev–Trinajstić information content (AvgIpc) is 2.30. The van der Waals surface area contributed by atoms with Crippen LogP contribution in [0.3, 0.4) is 0 Å². The molecule has 0 fully saturated rings. The second-order valence-electron chi connectivity index (χ2n) is 2.78. The van der Waals surface area contributed by atoms with Crippen LogP contribution in [-0.4, -0.2) is 28.9 Å². The summed E-state index contributed by atoms with van der Waals surface area (Å²) < 4.78 is 1.77. The van der Waals surface area contributed by atoms with E-state index in [4.69, 9.17) is 0 Å². The highest BCUT2D eigenvalue weighted by atomic mass is 15.5. The first-order valence-corrected chi connectivity index (χ1v) is 3.69. The minimum atomic E-state index is 0.811. The molecule has 66 valence electrons. The molecule has 0 N–H and O–H groups in total. The summed E-state index contributed by atoms with van der Waals surface area (Å²) in [6.45, 7) is 1.96. The second-order valence-corrected chi connectivity index (χ2v) is 2.78. The number of hydrogen-bond donors (Lipinski definition) is 0. The summed E-state index contributed by atoms with van der Waals surface area (Å²) in [5.41, 5.74) is 1.83. The minimum Gasteiger partial charge on any atom is -0.285 e. The Bertz CT molecular complexity index is 286. The molecule has 1 rings (SSSR count). The highest BCUT2D eigenvalue weighted by molar-refractivity contribution is 5.37. The molecule has 1 heterocycles. The van der Waals surface area contributed by atoms with E-state index in [9.17, 15) is 0 Å². The van der Waals surface area contributed by atoms with Gasteiger partial charge < -0.3 is 0 Å². The van der Waals surface area contributed by atoms with Crippen LogP contribution in [0.25, 0.3) is 0 Å². The molecule has 0 unspecified atom stereocenters. The molecule has 0 amide bonds. The molecule has 1 aromatic rings. The predicted octanol–water partition coefficient (Wildman–Crippen LogP) is 1.29. The van der Waals surface area contributed by atoms with Crippen LogP contribution < -0.4 is 0 Å². The van der Waals surface area contributed by atoms with Crippen molar-refractivity contribution in [1.82, 2.24) is 14.8 Å². The Balaban J connectivity index is 2.83. The van der Waals surface area contributed by atoms with E-state index in [2.05, 4.69) is 15.4 Å². The summed E-state index contributed by atoms with van der Waals surface area (Å²) in [7, 11) is 5.54. The van der Waals surface area contributed by atoms with Gasteiger partial charge >= 0.3 is 0 Å². The van der Waals surface area contributed by atoms with Gasteiger partial charge in [0.2, 0.25) is 0 Å². The van der Waals surface area contributed by atoms with Crippen molar-refractivity contribution in [2.75, 3.05) is 14.1 Å². The quantitative estimate of drug-likeness (QED) is 0.492. The Morgan fingerprint density at radius 3 is 2.58 bits per heavy atom. The molecule has 12 heavy (non-hydrogen) atoms. The van der Waals surface area contributed by atoms with Crippen LogP contribution in [-0.2, 0) is 7.05 Å². The molecule has 0 aliphatic rings. The van der Waals surface area contributed by atoms with E-state index in [1.807, 2.05) is 28.1 Å². The average molecular weight is 167 g/mol.